The van der Waals surface area contributed by atoms with Gasteiger partial charge in [-0.2, -0.15) is 5.10 Å². The number of rotatable bonds is 3. The van der Waals surface area contributed by atoms with Crippen molar-refractivity contribution < 1.29 is 4.42 Å². The summed E-state index contributed by atoms with van der Waals surface area (Å²) in [6.45, 7) is 5.46. The second-order valence-corrected chi connectivity index (χ2v) is 5.39. The Morgan fingerprint density at radius 1 is 1.39 bits per heavy atom. The zero-order valence-electron chi connectivity index (χ0n) is 10.7. The lowest BCUT2D eigenvalue weighted by molar-refractivity contribution is 0.150. The molecule has 3 heterocycles. The minimum absolute atomic E-state index is 0.246. The Morgan fingerprint density at radius 2 is 2.22 bits per heavy atom. The number of nitrogens with zero attached hydrogens (tertiary/aromatic N) is 2. The highest BCUT2D eigenvalue weighted by molar-refractivity contribution is 5.14. The smallest absolute Gasteiger partial charge is 0.117 e. The summed E-state index contributed by atoms with van der Waals surface area (Å²) in [7, 11) is 0. The Hall–Kier alpha value is -1.55. The third-order valence-electron chi connectivity index (χ3n) is 4.07. The van der Waals surface area contributed by atoms with Crippen molar-refractivity contribution in [2.24, 2.45) is 0 Å². The number of aromatic amines is 1. The van der Waals surface area contributed by atoms with E-state index in [-0.39, 0.29) is 5.41 Å². The normalized spacial score (nSPS) is 20.1. The second kappa shape index (κ2) is 4.61. The Kier molecular flexibility index (Phi) is 2.96. The van der Waals surface area contributed by atoms with E-state index in [0.717, 1.165) is 38.2 Å². The van der Waals surface area contributed by atoms with Crippen molar-refractivity contribution in [1.82, 2.24) is 15.1 Å². The van der Waals surface area contributed by atoms with Crippen molar-refractivity contribution in [3.05, 3.63) is 42.1 Å². The molecule has 18 heavy (non-hydrogen) atoms. The van der Waals surface area contributed by atoms with Gasteiger partial charge in [0.25, 0.3) is 0 Å². The van der Waals surface area contributed by atoms with Gasteiger partial charge in [-0.25, -0.2) is 0 Å². The van der Waals surface area contributed by atoms with Crippen molar-refractivity contribution >= 4 is 0 Å². The molecule has 96 valence electrons. The molecule has 1 saturated heterocycles. The largest absolute Gasteiger partial charge is 0.468 e. The summed E-state index contributed by atoms with van der Waals surface area (Å²) in [4.78, 5) is 2.46. The first-order valence-corrected chi connectivity index (χ1v) is 6.51. The number of aromatic nitrogens is 2. The molecule has 1 aliphatic rings. The maximum absolute atomic E-state index is 5.40. The lowest BCUT2D eigenvalue weighted by atomic mass is 9.77. The van der Waals surface area contributed by atoms with Gasteiger partial charge >= 0.3 is 0 Å². The number of likely N-dealkylation sites (tertiary alicyclic amines) is 1. The number of H-pyrrole nitrogens is 1. The van der Waals surface area contributed by atoms with Crippen molar-refractivity contribution in [3.8, 4) is 0 Å². The molecule has 4 nitrogen and oxygen atoms in total. The summed E-state index contributed by atoms with van der Waals surface area (Å²) < 4.78 is 5.40. The summed E-state index contributed by atoms with van der Waals surface area (Å²) in [5, 5.41) is 7.19. The third kappa shape index (κ3) is 2.20. The van der Waals surface area contributed by atoms with E-state index in [0.29, 0.717) is 0 Å². The predicted octanol–water partition coefficient (Wildman–Crippen LogP) is 2.56. The monoisotopic (exact) mass is 245 g/mol. The molecule has 3 rings (SSSR count). The zero-order chi connectivity index (χ0) is 12.4. The molecule has 2 aromatic rings. The van der Waals surface area contributed by atoms with Crippen LogP contribution in [0.2, 0.25) is 0 Å². The fraction of sp³-hybridized carbons (Fsp3) is 0.500. The summed E-state index contributed by atoms with van der Waals surface area (Å²) >= 11 is 0. The van der Waals surface area contributed by atoms with Crippen LogP contribution in [-0.2, 0) is 12.0 Å². The van der Waals surface area contributed by atoms with E-state index < -0.39 is 0 Å². The Labute approximate surface area is 107 Å². The Bertz CT molecular complexity index is 467. The molecule has 0 saturated carbocycles. The number of hydrogen-bond acceptors (Lipinski definition) is 3. The summed E-state index contributed by atoms with van der Waals surface area (Å²) in [6, 6.07) is 6.10. The van der Waals surface area contributed by atoms with E-state index in [1.807, 2.05) is 18.3 Å². The summed E-state index contributed by atoms with van der Waals surface area (Å²) in [5.41, 5.74) is 1.51. The van der Waals surface area contributed by atoms with Crippen LogP contribution in [0.5, 0.6) is 0 Å². The van der Waals surface area contributed by atoms with Gasteiger partial charge in [0.05, 0.1) is 12.8 Å². The maximum Gasteiger partial charge on any atom is 0.117 e. The summed E-state index contributed by atoms with van der Waals surface area (Å²) in [5.74, 6) is 1.06. The molecule has 0 spiro atoms. The minimum atomic E-state index is 0.246. The number of nitrogens with one attached hydrogen (secondary N) is 1. The number of furan rings is 1. The maximum atomic E-state index is 5.40. The van der Waals surface area contributed by atoms with Crippen LogP contribution in [0.3, 0.4) is 0 Å². The number of piperidine rings is 1. The highest BCUT2D eigenvalue weighted by Crippen LogP contribution is 2.33. The van der Waals surface area contributed by atoms with E-state index in [4.69, 9.17) is 4.42 Å². The van der Waals surface area contributed by atoms with Gasteiger partial charge in [0, 0.05) is 17.3 Å². The van der Waals surface area contributed by atoms with E-state index >= 15 is 0 Å². The van der Waals surface area contributed by atoms with E-state index in [1.54, 1.807) is 6.26 Å². The van der Waals surface area contributed by atoms with Crippen LogP contribution in [0.4, 0.5) is 0 Å². The van der Waals surface area contributed by atoms with Crippen LogP contribution >= 0.6 is 0 Å². The van der Waals surface area contributed by atoms with Crippen LogP contribution in [0, 0.1) is 0 Å². The Balaban J connectivity index is 1.61. The topological polar surface area (TPSA) is 45.1 Å². The quantitative estimate of drug-likeness (QED) is 0.904. The van der Waals surface area contributed by atoms with Crippen molar-refractivity contribution in [1.29, 1.82) is 0 Å². The molecule has 0 bridgehead atoms. The van der Waals surface area contributed by atoms with Gasteiger partial charge in [-0.3, -0.25) is 10.00 Å². The molecule has 0 unspecified atom stereocenters. The van der Waals surface area contributed by atoms with Crippen LogP contribution < -0.4 is 0 Å². The first kappa shape index (κ1) is 11.5. The highest BCUT2D eigenvalue weighted by atomic mass is 16.3. The van der Waals surface area contributed by atoms with Crippen molar-refractivity contribution in [2.75, 3.05) is 13.1 Å². The van der Waals surface area contributed by atoms with Gasteiger partial charge in [0.1, 0.15) is 5.76 Å². The molecular weight excluding hydrogens is 226 g/mol. The Morgan fingerprint density at radius 3 is 2.83 bits per heavy atom. The molecule has 1 aliphatic heterocycles. The average Bonchev–Trinajstić information content (AvgIpc) is 3.04. The van der Waals surface area contributed by atoms with E-state index in [1.165, 1.54) is 5.69 Å². The fourth-order valence-electron chi connectivity index (χ4n) is 2.69. The minimum Gasteiger partial charge on any atom is -0.468 e. The van der Waals surface area contributed by atoms with Gasteiger partial charge < -0.3 is 4.42 Å². The SMILES string of the molecule is CC1(c2ccn[nH]2)CCN(Cc2ccco2)CC1. The van der Waals surface area contributed by atoms with Crippen molar-refractivity contribution in [3.63, 3.8) is 0 Å². The standard InChI is InChI=1S/C14H19N3O/c1-14(13-4-7-15-16-13)5-8-17(9-6-14)11-12-3-2-10-18-12/h2-4,7,10H,5-6,8-9,11H2,1H3,(H,15,16). The molecule has 0 aromatic carbocycles. The molecule has 0 atom stereocenters. The van der Waals surface area contributed by atoms with E-state index in [9.17, 15) is 0 Å². The van der Waals surface area contributed by atoms with Gasteiger partial charge in [0.2, 0.25) is 0 Å². The molecule has 2 aromatic heterocycles. The fourth-order valence-corrected chi connectivity index (χ4v) is 2.69. The molecule has 0 amide bonds. The van der Waals surface area contributed by atoms with Crippen molar-refractivity contribution in [2.45, 2.75) is 31.7 Å². The molecule has 1 N–H and O–H groups in total. The molecule has 0 radical (unpaired) electrons. The van der Waals surface area contributed by atoms with Crippen LogP contribution in [0.25, 0.3) is 0 Å². The van der Waals surface area contributed by atoms with Gasteiger partial charge in [-0.15, -0.1) is 0 Å². The van der Waals surface area contributed by atoms with Crippen LogP contribution in [0.15, 0.2) is 35.1 Å². The predicted molar refractivity (Wildman–Crippen MR) is 69.2 cm³/mol. The number of hydrogen-bond donors (Lipinski definition) is 1. The van der Waals surface area contributed by atoms with Crippen LogP contribution in [-0.4, -0.2) is 28.2 Å². The van der Waals surface area contributed by atoms with E-state index in [2.05, 4.69) is 28.1 Å². The molecule has 4 heteroatoms. The second-order valence-electron chi connectivity index (χ2n) is 5.39. The molecular formula is C14H19N3O. The molecule has 0 aliphatic carbocycles. The van der Waals surface area contributed by atoms with Gasteiger partial charge in [-0.1, -0.05) is 6.92 Å². The lowest BCUT2D eigenvalue weighted by Crippen LogP contribution is -2.40. The zero-order valence-corrected chi connectivity index (χ0v) is 10.7. The first-order valence-electron chi connectivity index (χ1n) is 6.51. The van der Waals surface area contributed by atoms with Gasteiger partial charge in [-0.05, 0) is 44.1 Å². The first-order chi connectivity index (χ1) is 8.76. The third-order valence-corrected chi connectivity index (χ3v) is 4.07. The van der Waals surface area contributed by atoms with Crippen LogP contribution in [0.1, 0.15) is 31.2 Å². The van der Waals surface area contributed by atoms with Gasteiger partial charge in [0.15, 0.2) is 0 Å². The lowest BCUT2D eigenvalue weighted by Gasteiger charge is -2.38. The highest BCUT2D eigenvalue weighted by Gasteiger charge is 2.32. The summed E-state index contributed by atoms with van der Waals surface area (Å²) in [6.07, 6.45) is 5.91. The molecule has 1 fully saturated rings. The average molecular weight is 245 g/mol.